The van der Waals surface area contributed by atoms with Crippen LogP contribution in [0.3, 0.4) is 0 Å². The van der Waals surface area contributed by atoms with Crippen LogP contribution in [0.2, 0.25) is 0 Å². The van der Waals surface area contributed by atoms with Gasteiger partial charge >= 0.3 is 0 Å². The van der Waals surface area contributed by atoms with Gasteiger partial charge in [0.1, 0.15) is 11.6 Å². The van der Waals surface area contributed by atoms with E-state index in [0.29, 0.717) is 41.0 Å². The molecule has 0 radical (unpaired) electrons. The highest BCUT2D eigenvalue weighted by Crippen LogP contribution is 2.45. The maximum Gasteiger partial charge on any atom is 0.228 e. The van der Waals surface area contributed by atoms with Crippen molar-refractivity contribution >= 4 is 34.5 Å². The Morgan fingerprint density at radius 1 is 1.34 bits per heavy atom. The predicted octanol–water partition coefficient (Wildman–Crippen LogP) is 1.93. The minimum atomic E-state index is -0.00968. The number of nitrogens with two attached hydrogens (primary N) is 1. The second-order valence-corrected chi connectivity index (χ2v) is 8.45. The fourth-order valence-corrected chi connectivity index (χ4v) is 4.43. The van der Waals surface area contributed by atoms with E-state index in [1.807, 2.05) is 36.5 Å². The molecule has 1 unspecified atom stereocenters. The number of rotatable bonds is 6. The molecule has 5 rings (SSSR count). The molecule has 1 aliphatic heterocycles. The summed E-state index contributed by atoms with van der Waals surface area (Å²) in [6.45, 7) is 0.898. The van der Waals surface area contributed by atoms with Gasteiger partial charge in [0.2, 0.25) is 5.91 Å². The first-order valence-electron chi connectivity index (χ1n) is 10.7. The van der Waals surface area contributed by atoms with Gasteiger partial charge in [-0.1, -0.05) is 0 Å². The number of anilines is 2. The van der Waals surface area contributed by atoms with Crippen LogP contribution in [-0.4, -0.2) is 57.4 Å². The Kier molecular flexibility index (Phi) is 5.18. The number of fused-ring (bicyclic) bond motifs is 1. The molecule has 3 aromatic rings. The van der Waals surface area contributed by atoms with Gasteiger partial charge in [-0.2, -0.15) is 5.10 Å². The molecule has 4 N–H and O–H groups in total. The molecule has 1 amide bonds. The average molecular weight is 432 g/mol. The van der Waals surface area contributed by atoms with Crippen LogP contribution in [0.1, 0.15) is 12.0 Å². The van der Waals surface area contributed by atoms with E-state index in [4.69, 9.17) is 5.73 Å². The average Bonchev–Trinajstić information content (AvgIpc) is 3.47. The van der Waals surface area contributed by atoms with Crippen LogP contribution < -0.4 is 11.1 Å². The zero-order chi connectivity index (χ0) is 22.2. The molecule has 0 bridgehead atoms. The Balaban J connectivity index is 1.38. The Morgan fingerprint density at radius 2 is 2.22 bits per heavy atom. The van der Waals surface area contributed by atoms with E-state index in [1.165, 1.54) is 0 Å². The smallest absolute Gasteiger partial charge is 0.228 e. The van der Waals surface area contributed by atoms with Gasteiger partial charge in [-0.25, -0.2) is 9.97 Å². The first kappa shape index (κ1) is 20.3. The topological polar surface area (TPSA) is 130 Å². The van der Waals surface area contributed by atoms with Crippen molar-refractivity contribution in [1.29, 1.82) is 0 Å². The van der Waals surface area contributed by atoms with E-state index in [0.717, 1.165) is 29.5 Å². The third kappa shape index (κ3) is 3.87. The SMILES string of the molecule is CN1CC([C@@H]2C[C@H]2C(=O)Nc2cc3cc(-c4cnccc4CCO)nc(N)c3cn2)C=N1. The highest BCUT2D eigenvalue weighted by molar-refractivity contribution is 5.98. The van der Waals surface area contributed by atoms with E-state index < -0.39 is 0 Å². The van der Waals surface area contributed by atoms with E-state index in [9.17, 15) is 9.90 Å². The summed E-state index contributed by atoms with van der Waals surface area (Å²) in [5.74, 6) is 1.50. The number of aliphatic hydroxyl groups is 1. The molecule has 1 fully saturated rings. The van der Waals surface area contributed by atoms with Gasteiger partial charge in [0.15, 0.2) is 0 Å². The lowest BCUT2D eigenvalue weighted by Gasteiger charge is -2.11. The van der Waals surface area contributed by atoms with E-state index in [-0.39, 0.29) is 18.4 Å². The predicted molar refractivity (Wildman–Crippen MR) is 123 cm³/mol. The fraction of sp³-hybridized carbons (Fsp3) is 0.348. The van der Waals surface area contributed by atoms with Gasteiger partial charge < -0.3 is 16.2 Å². The molecular formula is C23H25N7O2. The summed E-state index contributed by atoms with van der Waals surface area (Å²) in [7, 11) is 1.94. The summed E-state index contributed by atoms with van der Waals surface area (Å²) >= 11 is 0. The summed E-state index contributed by atoms with van der Waals surface area (Å²) in [6.07, 6.45) is 8.38. The number of hydrogen-bond acceptors (Lipinski definition) is 8. The summed E-state index contributed by atoms with van der Waals surface area (Å²) in [5, 5.41) is 20.1. The lowest BCUT2D eigenvalue weighted by atomic mass is 10.0. The highest BCUT2D eigenvalue weighted by atomic mass is 16.3. The standard InChI is InChI=1S/C23H25N7O2/c1-30-12-15(9-27-30)16-8-17(16)23(32)29-21-7-14-6-20(28-22(24)19(14)11-26-21)18-10-25-4-2-13(18)3-5-31/h2,4,6-7,9-11,15-17,31H,3,5,8,12H2,1H3,(H2,24,28)(H,26,29,32)/t15?,16-,17+/m0/s1. The zero-order valence-corrected chi connectivity index (χ0v) is 17.8. The number of pyridine rings is 3. The van der Waals surface area contributed by atoms with Gasteiger partial charge in [0, 0.05) is 67.8 Å². The highest BCUT2D eigenvalue weighted by Gasteiger charge is 2.48. The summed E-state index contributed by atoms with van der Waals surface area (Å²) < 4.78 is 0. The largest absolute Gasteiger partial charge is 0.396 e. The Labute approximate surface area is 185 Å². The Hall–Kier alpha value is -3.59. The van der Waals surface area contributed by atoms with Crippen LogP contribution in [0, 0.1) is 17.8 Å². The molecule has 3 atom stereocenters. The Morgan fingerprint density at radius 3 is 3.00 bits per heavy atom. The van der Waals surface area contributed by atoms with Gasteiger partial charge in [0.05, 0.1) is 5.69 Å². The molecule has 9 heteroatoms. The fourth-order valence-electron chi connectivity index (χ4n) is 4.43. The van der Waals surface area contributed by atoms with Gasteiger partial charge in [-0.15, -0.1) is 0 Å². The molecule has 4 heterocycles. The quantitative estimate of drug-likeness (QED) is 0.544. The van der Waals surface area contributed by atoms with Crippen LogP contribution in [0.4, 0.5) is 11.6 Å². The van der Waals surface area contributed by atoms with Crippen molar-refractivity contribution in [2.75, 3.05) is 31.2 Å². The minimum absolute atomic E-state index is 0.00931. The van der Waals surface area contributed by atoms with Crippen LogP contribution in [0.15, 0.2) is 41.9 Å². The molecule has 0 saturated heterocycles. The summed E-state index contributed by atoms with van der Waals surface area (Å²) in [4.78, 5) is 25.8. The van der Waals surface area contributed by atoms with E-state index in [2.05, 4.69) is 25.4 Å². The molecule has 9 nitrogen and oxygen atoms in total. The van der Waals surface area contributed by atoms with Crippen molar-refractivity contribution in [2.24, 2.45) is 22.9 Å². The van der Waals surface area contributed by atoms with Gasteiger partial charge in [-0.3, -0.25) is 14.8 Å². The van der Waals surface area contributed by atoms with Crippen LogP contribution >= 0.6 is 0 Å². The van der Waals surface area contributed by atoms with Crippen molar-refractivity contribution in [1.82, 2.24) is 20.0 Å². The maximum absolute atomic E-state index is 12.8. The first-order chi connectivity index (χ1) is 15.5. The monoisotopic (exact) mass is 431 g/mol. The van der Waals surface area contributed by atoms with Crippen LogP contribution in [0.25, 0.3) is 22.0 Å². The summed E-state index contributed by atoms with van der Waals surface area (Å²) in [6, 6.07) is 5.59. The van der Waals surface area contributed by atoms with Gasteiger partial charge in [0.25, 0.3) is 0 Å². The third-order valence-electron chi connectivity index (χ3n) is 6.22. The molecule has 1 aliphatic carbocycles. The number of carbonyl (C=O) groups excluding carboxylic acids is 1. The lowest BCUT2D eigenvalue weighted by Crippen LogP contribution is -2.20. The van der Waals surface area contributed by atoms with Crippen molar-refractivity contribution in [3.8, 4) is 11.3 Å². The number of hydrazone groups is 1. The van der Waals surface area contributed by atoms with E-state index in [1.54, 1.807) is 18.6 Å². The van der Waals surface area contributed by atoms with Gasteiger partial charge in [-0.05, 0) is 47.9 Å². The molecule has 1 saturated carbocycles. The number of amides is 1. The number of aromatic nitrogens is 3. The van der Waals surface area contributed by atoms with Crippen LogP contribution in [-0.2, 0) is 11.2 Å². The minimum Gasteiger partial charge on any atom is -0.396 e. The summed E-state index contributed by atoms with van der Waals surface area (Å²) in [5.41, 5.74) is 8.63. The van der Waals surface area contributed by atoms with Crippen molar-refractivity contribution in [2.45, 2.75) is 12.8 Å². The number of nitrogen functional groups attached to an aromatic ring is 1. The normalized spacial score (nSPS) is 21.8. The maximum atomic E-state index is 12.8. The first-order valence-corrected chi connectivity index (χ1v) is 10.7. The number of nitrogens with one attached hydrogen (secondary N) is 1. The molecule has 0 aromatic carbocycles. The van der Waals surface area contributed by atoms with Crippen LogP contribution in [0.5, 0.6) is 0 Å². The number of aliphatic hydroxyl groups excluding tert-OH is 1. The van der Waals surface area contributed by atoms with Crippen molar-refractivity contribution in [3.05, 3.63) is 42.4 Å². The van der Waals surface area contributed by atoms with E-state index >= 15 is 0 Å². The second-order valence-electron chi connectivity index (χ2n) is 8.45. The number of carbonyl (C=O) groups is 1. The number of nitrogens with zero attached hydrogens (tertiary/aromatic N) is 5. The number of hydrogen-bond donors (Lipinski definition) is 3. The third-order valence-corrected chi connectivity index (χ3v) is 6.22. The molecule has 3 aromatic heterocycles. The molecule has 0 spiro atoms. The van der Waals surface area contributed by atoms with Crippen molar-refractivity contribution in [3.63, 3.8) is 0 Å². The Bertz CT molecular complexity index is 1210. The lowest BCUT2D eigenvalue weighted by molar-refractivity contribution is -0.117. The zero-order valence-electron chi connectivity index (χ0n) is 17.8. The molecule has 164 valence electrons. The molecule has 32 heavy (non-hydrogen) atoms. The second kappa shape index (κ2) is 8.16. The van der Waals surface area contributed by atoms with Crippen molar-refractivity contribution < 1.29 is 9.90 Å². The molecular weight excluding hydrogens is 406 g/mol. The molecule has 2 aliphatic rings.